The molecule has 1 aromatic heterocycles. The highest BCUT2D eigenvalue weighted by Crippen LogP contribution is 2.38. The highest BCUT2D eigenvalue weighted by molar-refractivity contribution is 4.96. The van der Waals surface area contributed by atoms with E-state index in [1.807, 2.05) is 0 Å². The van der Waals surface area contributed by atoms with Crippen LogP contribution in [0.4, 0.5) is 0 Å². The third-order valence-corrected chi connectivity index (χ3v) is 4.23. The molecule has 20 heavy (non-hydrogen) atoms. The minimum Gasteiger partial charge on any atom is -0.446 e. The Kier molecular flexibility index (Phi) is 4.26. The van der Waals surface area contributed by atoms with Gasteiger partial charge in [-0.1, -0.05) is 20.8 Å². The summed E-state index contributed by atoms with van der Waals surface area (Å²) in [6.07, 6.45) is 3.49. The fourth-order valence-corrected chi connectivity index (χ4v) is 2.82. The first-order valence-electron chi connectivity index (χ1n) is 7.43. The molecule has 0 N–H and O–H groups in total. The molecule has 0 saturated carbocycles. The van der Waals surface area contributed by atoms with Gasteiger partial charge in [-0.2, -0.15) is 0 Å². The van der Waals surface area contributed by atoms with Crippen molar-refractivity contribution in [1.82, 2.24) is 9.88 Å². The smallest absolute Gasteiger partial charge is 0.219 e. The van der Waals surface area contributed by atoms with Crippen molar-refractivity contribution < 1.29 is 9.15 Å². The first kappa shape index (κ1) is 15.5. The highest BCUT2D eigenvalue weighted by atomic mass is 16.5. The van der Waals surface area contributed by atoms with Crippen LogP contribution in [0.2, 0.25) is 0 Å². The molecule has 4 nitrogen and oxygen atoms in total. The van der Waals surface area contributed by atoms with Crippen LogP contribution in [-0.2, 0) is 11.3 Å². The summed E-state index contributed by atoms with van der Waals surface area (Å²) in [4.78, 5) is 6.64. The predicted molar refractivity (Wildman–Crippen MR) is 79.4 cm³/mol. The van der Waals surface area contributed by atoms with Crippen molar-refractivity contribution in [1.29, 1.82) is 0 Å². The van der Waals surface area contributed by atoms with Crippen molar-refractivity contribution in [3.05, 3.63) is 18.4 Å². The van der Waals surface area contributed by atoms with Gasteiger partial charge in [0, 0.05) is 24.5 Å². The molecule has 0 spiro atoms. The van der Waals surface area contributed by atoms with Gasteiger partial charge >= 0.3 is 0 Å². The Labute approximate surface area is 122 Å². The molecular weight excluding hydrogens is 252 g/mol. The van der Waals surface area contributed by atoms with Crippen LogP contribution >= 0.6 is 0 Å². The van der Waals surface area contributed by atoms with E-state index in [-0.39, 0.29) is 17.1 Å². The summed E-state index contributed by atoms with van der Waals surface area (Å²) >= 11 is 0. The molecule has 1 aliphatic heterocycles. The number of likely N-dealkylation sites (tertiary alicyclic amines) is 1. The number of aromatic nitrogens is 1. The molecule has 1 aliphatic rings. The minimum absolute atomic E-state index is 0.185. The molecular formula is C16H28N2O2. The van der Waals surface area contributed by atoms with Crippen molar-refractivity contribution in [2.24, 2.45) is 11.3 Å². The van der Waals surface area contributed by atoms with Crippen LogP contribution in [-0.4, -0.2) is 34.6 Å². The predicted octanol–water partition coefficient (Wildman–Crippen LogP) is 3.34. The van der Waals surface area contributed by atoms with Crippen LogP contribution in [0.1, 0.15) is 47.4 Å². The lowest BCUT2D eigenvalue weighted by Gasteiger charge is -2.33. The maximum atomic E-state index is 6.11. The SMILES string of the molecule is CC(C)(C)C1CN(C(C)(C)C)C[C@@H]1OCc1ncco1. The van der Waals surface area contributed by atoms with Gasteiger partial charge in [-0.15, -0.1) is 0 Å². The fraction of sp³-hybridized carbons (Fsp3) is 0.812. The van der Waals surface area contributed by atoms with Crippen LogP contribution in [0.5, 0.6) is 0 Å². The highest BCUT2D eigenvalue weighted by Gasteiger charge is 2.43. The van der Waals surface area contributed by atoms with Gasteiger partial charge in [0.25, 0.3) is 0 Å². The number of hydrogen-bond donors (Lipinski definition) is 0. The van der Waals surface area contributed by atoms with Gasteiger partial charge in [-0.05, 0) is 26.2 Å². The van der Waals surface area contributed by atoms with Crippen LogP contribution < -0.4 is 0 Å². The molecule has 0 bridgehead atoms. The summed E-state index contributed by atoms with van der Waals surface area (Å²) < 4.78 is 11.4. The molecule has 4 heteroatoms. The first-order chi connectivity index (χ1) is 9.18. The Morgan fingerprint density at radius 2 is 1.95 bits per heavy atom. The zero-order valence-corrected chi connectivity index (χ0v) is 13.6. The fourth-order valence-electron chi connectivity index (χ4n) is 2.82. The van der Waals surface area contributed by atoms with E-state index >= 15 is 0 Å². The molecule has 1 aromatic rings. The third kappa shape index (κ3) is 3.61. The second kappa shape index (κ2) is 5.49. The van der Waals surface area contributed by atoms with E-state index in [2.05, 4.69) is 51.4 Å². The largest absolute Gasteiger partial charge is 0.446 e. The van der Waals surface area contributed by atoms with Gasteiger partial charge in [0.15, 0.2) is 0 Å². The molecule has 0 aromatic carbocycles. The average molecular weight is 280 g/mol. The summed E-state index contributed by atoms with van der Waals surface area (Å²) in [6, 6.07) is 0. The third-order valence-electron chi connectivity index (χ3n) is 4.23. The Hall–Kier alpha value is -0.870. The zero-order valence-electron chi connectivity index (χ0n) is 13.6. The van der Waals surface area contributed by atoms with Crippen molar-refractivity contribution in [2.75, 3.05) is 13.1 Å². The van der Waals surface area contributed by atoms with Gasteiger partial charge in [0.05, 0.1) is 12.3 Å². The van der Waals surface area contributed by atoms with E-state index < -0.39 is 0 Å². The minimum atomic E-state index is 0.185. The summed E-state index contributed by atoms with van der Waals surface area (Å²) in [5.41, 5.74) is 0.422. The van der Waals surface area contributed by atoms with Crippen molar-refractivity contribution in [3.63, 3.8) is 0 Å². The quantitative estimate of drug-likeness (QED) is 0.851. The molecule has 2 rings (SSSR count). The summed E-state index contributed by atoms with van der Waals surface area (Å²) in [5.74, 6) is 1.18. The van der Waals surface area contributed by atoms with E-state index in [1.165, 1.54) is 0 Å². The number of rotatable bonds is 3. The second-order valence-corrected chi connectivity index (χ2v) is 7.82. The zero-order chi connectivity index (χ0) is 15.0. The van der Waals surface area contributed by atoms with Crippen molar-refractivity contribution >= 4 is 0 Å². The second-order valence-electron chi connectivity index (χ2n) is 7.82. The van der Waals surface area contributed by atoms with E-state index in [1.54, 1.807) is 12.5 Å². The van der Waals surface area contributed by atoms with E-state index in [4.69, 9.17) is 9.15 Å². The number of nitrogens with zero attached hydrogens (tertiary/aromatic N) is 2. The van der Waals surface area contributed by atoms with Crippen molar-refractivity contribution in [2.45, 2.75) is 59.8 Å². The molecule has 114 valence electrons. The van der Waals surface area contributed by atoms with Crippen LogP contribution in [0, 0.1) is 11.3 Å². The number of hydrogen-bond acceptors (Lipinski definition) is 4. The van der Waals surface area contributed by atoms with E-state index in [9.17, 15) is 0 Å². The van der Waals surface area contributed by atoms with Gasteiger partial charge in [0.1, 0.15) is 12.9 Å². The Balaban J connectivity index is 2.04. The molecule has 1 saturated heterocycles. The molecule has 2 heterocycles. The molecule has 0 amide bonds. The van der Waals surface area contributed by atoms with Crippen LogP contribution in [0.3, 0.4) is 0 Å². The number of oxazole rings is 1. The topological polar surface area (TPSA) is 38.5 Å². The van der Waals surface area contributed by atoms with Crippen LogP contribution in [0.15, 0.2) is 16.9 Å². The maximum Gasteiger partial charge on any atom is 0.219 e. The van der Waals surface area contributed by atoms with Crippen molar-refractivity contribution in [3.8, 4) is 0 Å². The van der Waals surface area contributed by atoms with E-state index in [0.29, 0.717) is 18.4 Å². The normalized spacial score (nSPS) is 25.3. The van der Waals surface area contributed by atoms with E-state index in [0.717, 1.165) is 13.1 Å². The molecule has 0 radical (unpaired) electrons. The molecule has 1 unspecified atom stereocenters. The lowest BCUT2D eigenvalue weighted by atomic mass is 9.79. The Morgan fingerprint density at radius 3 is 2.45 bits per heavy atom. The van der Waals surface area contributed by atoms with Gasteiger partial charge < -0.3 is 9.15 Å². The summed E-state index contributed by atoms with van der Waals surface area (Å²) in [6.45, 7) is 16.2. The number of ether oxygens (including phenoxy) is 1. The lowest BCUT2D eigenvalue weighted by molar-refractivity contribution is -0.0159. The Morgan fingerprint density at radius 1 is 1.25 bits per heavy atom. The molecule has 0 aliphatic carbocycles. The van der Waals surface area contributed by atoms with Gasteiger partial charge in [-0.25, -0.2) is 4.98 Å². The first-order valence-corrected chi connectivity index (χ1v) is 7.43. The maximum absolute atomic E-state index is 6.11. The van der Waals surface area contributed by atoms with Crippen LogP contribution in [0.25, 0.3) is 0 Å². The lowest BCUT2D eigenvalue weighted by Crippen LogP contribution is -2.40. The average Bonchev–Trinajstić information content (AvgIpc) is 2.93. The van der Waals surface area contributed by atoms with Gasteiger partial charge in [0.2, 0.25) is 5.89 Å². The summed E-state index contributed by atoms with van der Waals surface area (Å²) in [7, 11) is 0. The molecule has 1 fully saturated rings. The summed E-state index contributed by atoms with van der Waals surface area (Å²) in [5, 5.41) is 0. The van der Waals surface area contributed by atoms with Gasteiger partial charge in [-0.3, -0.25) is 4.90 Å². The monoisotopic (exact) mass is 280 g/mol. The standard InChI is InChI=1S/C16H28N2O2/c1-15(2,3)12-9-18(16(4,5)6)10-13(12)20-11-14-17-7-8-19-14/h7-8,12-13H,9-11H2,1-6H3/t12?,13-/m0/s1. The molecule has 2 atom stereocenters. The Bertz CT molecular complexity index is 415.